The van der Waals surface area contributed by atoms with Crippen molar-refractivity contribution in [2.24, 2.45) is 11.8 Å². The molecule has 0 spiro atoms. The Balaban J connectivity index is 2.37. The van der Waals surface area contributed by atoms with Crippen molar-refractivity contribution in [3.63, 3.8) is 0 Å². The predicted molar refractivity (Wildman–Crippen MR) is 71.1 cm³/mol. The fourth-order valence-electron chi connectivity index (χ4n) is 3.42. The molecule has 0 aromatic rings. The highest BCUT2D eigenvalue weighted by Gasteiger charge is 2.55. The third-order valence-corrected chi connectivity index (χ3v) is 4.89. The number of fused-ring (bicyclic) bond motifs is 1. The molecule has 0 N–H and O–H groups in total. The molecule has 0 aliphatic carbocycles. The molecule has 5 atom stereocenters. The second-order valence-electron chi connectivity index (χ2n) is 5.84. The molecule has 2 saturated heterocycles. The number of hydrogen-bond donors (Lipinski definition) is 0. The summed E-state index contributed by atoms with van der Waals surface area (Å²) in [4.78, 5) is 2.55. The fourth-order valence-corrected chi connectivity index (χ4v) is 4.02. The Morgan fingerprint density at radius 3 is 2.57 bits per heavy atom. The molecule has 4 heteroatoms. The quantitative estimate of drug-likeness (QED) is 0.400. The van der Waals surface area contributed by atoms with Gasteiger partial charge in [-0.2, -0.15) is 0 Å². The normalized spacial score (nSPS) is 52.5. The minimum atomic E-state index is 0.354. The molecule has 2 fully saturated rings. The second-order valence-corrected chi connectivity index (χ2v) is 7.24. The summed E-state index contributed by atoms with van der Waals surface area (Å²) in [7, 11) is 7.76. The van der Waals surface area contributed by atoms with E-state index in [4.69, 9.17) is 0 Å². The van der Waals surface area contributed by atoms with Crippen LogP contribution in [0.4, 0.5) is 0 Å². The lowest BCUT2D eigenvalue weighted by Crippen LogP contribution is -2.42. The van der Waals surface area contributed by atoms with Gasteiger partial charge >= 0.3 is 0 Å². The summed E-state index contributed by atoms with van der Waals surface area (Å²) >= 11 is 0. The number of hydrogen-bond acceptors (Lipinski definition) is 1. The van der Waals surface area contributed by atoms with Crippen LogP contribution in [0.5, 0.6) is 0 Å². The zero-order valence-electron chi connectivity index (χ0n) is 9.80. The lowest BCUT2D eigenvalue weighted by molar-refractivity contribution is 0.272. The Kier molecular flexibility index (Phi) is 2.13. The maximum Gasteiger partial charge on any atom is 0.135 e. The van der Waals surface area contributed by atoms with Gasteiger partial charge in [-0.1, -0.05) is 20.4 Å². The Hall–Kier alpha value is 0.0999. The Bertz CT molecular complexity index is 292. The third kappa shape index (κ3) is 1.21. The van der Waals surface area contributed by atoms with Gasteiger partial charge in [-0.15, -0.1) is 9.24 Å². The Morgan fingerprint density at radius 2 is 2.07 bits per heavy atom. The minimum absolute atomic E-state index is 0.354. The largest absolute Gasteiger partial charge is 0.377 e. The highest BCUT2D eigenvalue weighted by atomic mass is 31.0. The summed E-state index contributed by atoms with van der Waals surface area (Å²) in [6.07, 6.45) is 1.27. The smallest absolute Gasteiger partial charge is 0.135 e. The summed E-state index contributed by atoms with van der Waals surface area (Å²) in [5.74, 6) is 1.39. The molecular weight excluding hydrogens is 187 g/mol. The van der Waals surface area contributed by atoms with Gasteiger partial charge in [-0.05, 0) is 23.3 Å². The number of nitrogens with zero attached hydrogens (tertiary/aromatic N) is 1. The van der Waals surface area contributed by atoms with Gasteiger partial charge in [0.1, 0.15) is 15.7 Å². The summed E-state index contributed by atoms with van der Waals surface area (Å²) in [5.41, 5.74) is 1.71. The van der Waals surface area contributed by atoms with Crippen LogP contribution in [0.1, 0.15) is 20.3 Å². The van der Waals surface area contributed by atoms with Gasteiger partial charge in [-0.25, -0.2) is 0 Å². The van der Waals surface area contributed by atoms with E-state index in [2.05, 4.69) is 50.3 Å². The molecule has 2 heterocycles. The minimum Gasteiger partial charge on any atom is -0.377 e. The van der Waals surface area contributed by atoms with Gasteiger partial charge in [0.2, 0.25) is 0 Å². The lowest BCUT2D eigenvalue weighted by atomic mass is 9.63. The van der Waals surface area contributed by atoms with Crippen LogP contribution in [0.25, 0.3) is 0 Å². The van der Waals surface area contributed by atoms with Crippen molar-refractivity contribution in [3.05, 3.63) is 12.3 Å². The van der Waals surface area contributed by atoms with Gasteiger partial charge in [-0.3, -0.25) is 0 Å². The van der Waals surface area contributed by atoms with E-state index in [0.29, 0.717) is 16.4 Å². The van der Waals surface area contributed by atoms with Crippen molar-refractivity contribution in [2.75, 3.05) is 6.54 Å². The molecule has 2 rings (SSSR count). The van der Waals surface area contributed by atoms with Crippen molar-refractivity contribution in [3.8, 4) is 0 Å². The van der Waals surface area contributed by atoms with Crippen LogP contribution in [0, 0.1) is 11.8 Å². The molecule has 76 valence electrons. The SMILES string of the molecule is BC1(P)CN2C(=C)C(C)C(C)C2(B)C1. The average Bonchev–Trinajstić information content (AvgIpc) is 2.39. The molecular formula is C10H20B2NP. The molecule has 2 aliphatic rings. The van der Waals surface area contributed by atoms with E-state index in [1.807, 2.05) is 0 Å². The maximum atomic E-state index is 4.26. The van der Waals surface area contributed by atoms with Gasteiger partial charge in [0, 0.05) is 17.7 Å². The molecule has 0 amide bonds. The van der Waals surface area contributed by atoms with Crippen molar-refractivity contribution in [1.82, 2.24) is 4.90 Å². The van der Waals surface area contributed by atoms with Crippen LogP contribution >= 0.6 is 9.24 Å². The molecule has 0 saturated carbocycles. The van der Waals surface area contributed by atoms with Gasteiger partial charge in [0.05, 0.1) is 0 Å². The second kappa shape index (κ2) is 2.82. The highest BCUT2D eigenvalue weighted by molar-refractivity contribution is 7.22. The van der Waals surface area contributed by atoms with Crippen LogP contribution in [-0.2, 0) is 0 Å². The first kappa shape index (κ1) is 10.6. The molecule has 0 aromatic carbocycles. The molecule has 5 unspecified atom stereocenters. The van der Waals surface area contributed by atoms with Gasteiger partial charge in [0.25, 0.3) is 0 Å². The zero-order chi connectivity index (χ0) is 10.7. The monoisotopic (exact) mass is 207 g/mol. The molecule has 1 nitrogen and oxygen atoms in total. The Labute approximate surface area is 91.7 Å². The predicted octanol–water partition coefficient (Wildman–Crippen LogP) is 0.0255. The highest BCUT2D eigenvalue weighted by Crippen LogP contribution is 2.52. The van der Waals surface area contributed by atoms with Crippen molar-refractivity contribution >= 4 is 24.9 Å². The number of rotatable bonds is 0. The standard InChI is InChI=1S/C10H20B2NP/c1-6-7(2)10(12)4-9(11,14)5-13(10)8(6)3/h6-7H,3-5,11-12,14H2,1-2H3. The van der Waals surface area contributed by atoms with Crippen LogP contribution in [-0.4, -0.2) is 37.6 Å². The van der Waals surface area contributed by atoms with Crippen molar-refractivity contribution < 1.29 is 0 Å². The van der Waals surface area contributed by atoms with Crippen molar-refractivity contribution in [1.29, 1.82) is 0 Å². The fraction of sp³-hybridized carbons (Fsp3) is 0.800. The lowest BCUT2D eigenvalue weighted by Gasteiger charge is -2.33. The maximum absolute atomic E-state index is 4.26. The van der Waals surface area contributed by atoms with E-state index < -0.39 is 0 Å². The van der Waals surface area contributed by atoms with E-state index >= 15 is 0 Å². The molecule has 14 heavy (non-hydrogen) atoms. The third-order valence-electron chi connectivity index (χ3n) is 4.50. The van der Waals surface area contributed by atoms with E-state index in [1.165, 1.54) is 12.1 Å². The number of allylic oxidation sites excluding steroid dienone is 1. The van der Waals surface area contributed by atoms with Crippen LogP contribution in [0.2, 0.25) is 0 Å². The van der Waals surface area contributed by atoms with Gasteiger partial charge in [0.15, 0.2) is 0 Å². The van der Waals surface area contributed by atoms with E-state index in [-0.39, 0.29) is 0 Å². The van der Waals surface area contributed by atoms with Crippen LogP contribution < -0.4 is 0 Å². The molecule has 0 bridgehead atoms. The van der Waals surface area contributed by atoms with Crippen LogP contribution in [0.3, 0.4) is 0 Å². The summed E-state index contributed by atoms with van der Waals surface area (Å²) in [6.45, 7) is 10.1. The topological polar surface area (TPSA) is 3.24 Å². The molecule has 0 aromatic heterocycles. The average molecular weight is 207 g/mol. The first-order chi connectivity index (χ1) is 6.28. The molecule has 0 radical (unpaired) electrons. The van der Waals surface area contributed by atoms with Crippen molar-refractivity contribution in [2.45, 2.75) is 30.8 Å². The summed E-state index contributed by atoms with van der Waals surface area (Å²) in [5, 5.41) is 0.381. The summed E-state index contributed by atoms with van der Waals surface area (Å²) in [6, 6.07) is 0. The van der Waals surface area contributed by atoms with E-state index in [9.17, 15) is 0 Å². The van der Waals surface area contributed by atoms with E-state index in [1.54, 1.807) is 0 Å². The first-order valence-electron chi connectivity index (χ1n) is 5.53. The summed E-state index contributed by atoms with van der Waals surface area (Å²) < 4.78 is 0. The van der Waals surface area contributed by atoms with Crippen LogP contribution in [0.15, 0.2) is 12.3 Å². The molecule has 2 aliphatic heterocycles. The Morgan fingerprint density at radius 1 is 1.50 bits per heavy atom. The first-order valence-corrected chi connectivity index (χ1v) is 6.11. The zero-order valence-corrected chi connectivity index (χ0v) is 11.0. The van der Waals surface area contributed by atoms with E-state index in [0.717, 1.165) is 12.5 Å². The van der Waals surface area contributed by atoms with Gasteiger partial charge < -0.3 is 4.90 Å².